The molecular weight excluding hydrogens is 171 g/mol. The summed E-state index contributed by atoms with van der Waals surface area (Å²) in [4.78, 5) is 0. The molecule has 0 N–H and O–H groups in total. The molecule has 4 heteroatoms. The van der Waals surface area contributed by atoms with Crippen molar-refractivity contribution < 1.29 is 8.92 Å². The van der Waals surface area contributed by atoms with Gasteiger partial charge in [-0.2, -0.15) is 0 Å². The van der Waals surface area contributed by atoms with Gasteiger partial charge in [0.25, 0.3) is 0 Å². The Balaban J connectivity index is 2.31. The molecule has 3 atom stereocenters. The SMILES string of the molecule is [3H][B]SOC[C@H]1O[C@@H](C)C(=C)[C@H]1C. The Morgan fingerprint density at radius 1 is 1.83 bits per heavy atom. The first-order valence-electron chi connectivity index (χ1n) is 4.57. The van der Waals surface area contributed by atoms with E-state index < -0.39 is 0 Å². The first kappa shape index (κ1) is 8.66. The standard InChI is InChI=1S/C8H14BO2S/c1-5-6(2)8(4-10-12-9)11-7(5)3/h6-9H,1,4H2,2-3H3/t6-,7+,8-/m1/s1/i9T. The minimum atomic E-state index is 0.0925. The molecule has 0 aromatic heterocycles. The van der Waals surface area contributed by atoms with Crippen LogP contribution in [0.15, 0.2) is 12.2 Å². The second kappa shape index (κ2) is 4.35. The summed E-state index contributed by atoms with van der Waals surface area (Å²) < 4.78 is 17.5. The highest BCUT2D eigenvalue weighted by Crippen LogP contribution is 2.30. The van der Waals surface area contributed by atoms with Crippen molar-refractivity contribution in [2.24, 2.45) is 5.92 Å². The van der Waals surface area contributed by atoms with Crippen LogP contribution in [0.5, 0.6) is 0 Å². The van der Waals surface area contributed by atoms with E-state index in [0.717, 1.165) is 24.6 Å². The van der Waals surface area contributed by atoms with Crippen LogP contribution in [-0.2, 0) is 8.92 Å². The fraction of sp³-hybridized carbons (Fsp3) is 0.750. The van der Waals surface area contributed by atoms with Gasteiger partial charge in [0.2, 0.25) is 7.09 Å². The topological polar surface area (TPSA) is 18.5 Å². The molecule has 0 aromatic rings. The monoisotopic (exact) mass is 187 g/mol. The maximum Gasteiger partial charge on any atom is 0.209 e. The van der Waals surface area contributed by atoms with Gasteiger partial charge in [-0.25, -0.2) is 0 Å². The lowest BCUT2D eigenvalue weighted by Gasteiger charge is -2.13. The summed E-state index contributed by atoms with van der Waals surface area (Å²) in [5, 5.41) is 0. The van der Waals surface area contributed by atoms with Crippen LogP contribution in [0.25, 0.3) is 0 Å². The van der Waals surface area contributed by atoms with Gasteiger partial charge in [-0.15, -0.1) is 0 Å². The van der Waals surface area contributed by atoms with E-state index >= 15 is 0 Å². The van der Waals surface area contributed by atoms with Crippen LogP contribution in [0, 0.1) is 5.92 Å². The van der Waals surface area contributed by atoms with E-state index in [-0.39, 0.29) is 12.2 Å². The highest BCUT2D eigenvalue weighted by Gasteiger charge is 2.32. The molecule has 0 aliphatic carbocycles. The second-order valence-corrected chi connectivity index (χ2v) is 3.49. The Kier molecular flexibility index (Phi) is 3.14. The molecule has 2 nitrogen and oxygen atoms in total. The average molecular weight is 187 g/mol. The van der Waals surface area contributed by atoms with Crippen molar-refractivity contribution in [3.63, 3.8) is 0 Å². The van der Waals surface area contributed by atoms with Gasteiger partial charge in [-0.3, -0.25) is 0 Å². The maximum atomic E-state index is 6.76. The molecule has 0 bridgehead atoms. The van der Waals surface area contributed by atoms with Crippen molar-refractivity contribution >= 4 is 19.0 Å². The van der Waals surface area contributed by atoms with Crippen LogP contribution in [0.4, 0.5) is 0 Å². The fourth-order valence-corrected chi connectivity index (χ4v) is 1.58. The van der Waals surface area contributed by atoms with Crippen molar-refractivity contribution in [3.8, 4) is 0 Å². The molecule has 1 aliphatic heterocycles. The van der Waals surface area contributed by atoms with E-state index in [1.165, 1.54) is 0 Å². The van der Waals surface area contributed by atoms with Gasteiger partial charge in [0.05, 0.1) is 18.8 Å². The third-order valence-electron chi connectivity index (χ3n) is 2.34. The largest absolute Gasteiger partial charge is 0.368 e. The van der Waals surface area contributed by atoms with Crippen LogP contribution in [-0.4, -0.2) is 27.2 Å². The van der Waals surface area contributed by atoms with E-state index in [1.807, 2.05) is 6.92 Å². The summed E-state index contributed by atoms with van der Waals surface area (Å²) in [6, 6.07) is 0. The predicted octanol–water partition coefficient (Wildman–Crippen LogP) is 1.45. The van der Waals surface area contributed by atoms with Crippen molar-refractivity contribution in [2.45, 2.75) is 26.1 Å². The molecular formula is C8H14BO2S. The van der Waals surface area contributed by atoms with Gasteiger partial charge < -0.3 is 8.92 Å². The summed E-state index contributed by atoms with van der Waals surface area (Å²) in [6.07, 6.45) is 0.225. The molecule has 0 aromatic carbocycles. The van der Waals surface area contributed by atoms with E-state index in [4.69, 9.17) is 10.3 Å². The third kappa shape index (κ3) is 2.06. The van der Waals surface area contributed by atoms with Crippen molar-refractivity contribution in [1.29, 1.82) is 1.34 Å². The number of hydrogen-bond acceptors (Lipinski definition) is 3. The lowest BCUT2D eigenvalue weighted by Crippen LogP contribution is -2.19. The molecule has 1 heterocycles. The van der Waals surface area contributed by atoms with E-state index in [9.17, 15) is 0 Å². The summed E-state index contributed by atoms with van der Waals surface area (Å²) in [6.45, 7) is 8.58. The molecule has 0 unspecified atom stereocenters. The first-order chi connectivity index (χ1) is 6.16. The fourth-order valence-electron chi connectivity index (χ4n) is 1.37. The van der Waals surface area contributed by atoms with Gasteiger partial charge in [0.1, 0.15) is 0 Å². The van der Waals surface area contributed by atoms with Gasteiger partial charge in [-0.05, 0) is 13.8 Å². The molecule has 1 fully saturated rings. The van der Waals surface area contributed by atoms with E-state index in [1.54, 1.807) is 0 Å². The van der Waals surface area contributed by atoms with E-state index in [2.05, 4.69) is 13.5 Å². The number of rotatable bonds is 4. The van der Waals surface area contributed by atoms with Gasteiger partial charge in [0.15, 0.2) is 0 Å². The molecule has 1 saturated heterocycles. The number of hydrogen-bond donors (Lipinski definition) is 0. The summed E-state index contributed by atoms with van der Waals surface area (Å²) >= 11 is 1.03. The summed E-state index contributed by atoms with van der Waals surface area (Å²) in [5.74, 6) is 0.348. The van der Waals surface area contributed by atoms with Crippen LogP contribution in [0.2, 0.25) is 0 Å². The third-order valence-corrected chi connectivity index (χ3v) is 2.62. The van der Waals surface area contributed by atoms with Crippen LogP contribution in [0.3, 0.4) is 0 Å². The minimum Gasteiger partial charge on any atom is -0.368 e. The normalized spacial score (nSPS) is 36.7. The van der Waals surface area contributed by atoms with Crippen molar-refractivity contribution in [2.75, 3.05) is 6.61 Å². The van der Waals surface area contributed by atoms with Crippen molar-refractivity contribution in [3.05, 3.63) is 12.2 Å². The second-order valence-electron chi connectivity index (χ2n) is 3.06. The van der Waals surface area contributed by atoms with Gasteiger partial charge >= 0.3 is 0 Å². The highest BCUT2D eigenvalue weighted by atomic mass is 32.2. The van der Waals surface area contributed by atoms with Crippen LogP contribution < -0.4 is 0 Å². The molecule has 1 radical (unpaired) electrons. The molecule has 12 heavy (non-hydrogen) atoms. The molecule has 1 rings (SSSR count). The Morgan fingerprint density at radius 2 is 2.58 bits per heavy atom. The molecule has 0 spiro atoms. The molecule has 1 aliphatic rings. The van der Waals surface area contributed by atoms with Crippen molar-refractivity contribution in [1.82, 2.24) is 0 Å². The number of ether oxygens (including phenoxy) is 1. The maximum absolute atomic E-state index is 6.76. The van der Waals surface area contributed by atoms with Crippen LogP contribution >= 0.6 is 11.9 Å². The average Bonchev–Trinajstić information content (AvgIpc) is 2.34. The lowest BCUT2D eigenvalue weighted by molar-refractivity contribution is 0.0228. The molecule has 0 saturated carbocycles. The molecule has 0 amide bonds. The zero-order chi connectivity index (χ0) is 9.84. The minimum absolute atomic E-state index is 0.0925. The Morgan fingerprint density at radius 3 is 3.08 bits per heavy atom. The zero-order valence-corrected chi connectivity index (χ0v) is 8.26. The Bertz CT molecular complexity index is 191. The van der Waals surface area contributed by atoms with Crippen LogP contribution in [0.1, 0.15) is 13.8 Å². The summed E-state index contributed by atoms with van der Waals surface area (Å²) in [5.41, 5.74) is 1.13. The first-order valence-corrected chi connectivity index (χ1v) is 4.79. The van der Waals surface area contributed by atoms with Gasteiger partial charge in [-0.1, -0.05) is 25.4 Å². The van der Waals surface area contributed by atoms with E-state index in [0.29, 0.717) is 12.5 Å². The Labute approximate surface area is 80.6 Å². The Hall–Kier alpha value is 0.0749. The quantitative estimate of drug-likeness (QED) is 0.287. The lowest BCUT2D eigenvalue weighted by atomic mass is 9.98. The summed E-state index contributed by atoms with van der Waals surface area (Å²) in [7, 11) is 1.16. The smallest absolute Gasteiger partial charge is 0.209 e. The molecule has 67 valence electrons. The van der Waals surface area contributed by atoms with Gasteiger partial charge in [0, 0.05) is 5.92 Å². The zero-order valence-electron chi connectivity index (χ0n) is 8.45. The predicted molar refractivity (Wildman–Crippen MR) is 53.3 cm³/mol. The highest BCUT2D eigenvalue weighted by molar-refractivity contribution is 8.15.